The fourth-order valence-electron chi connectivity index (χ4n) is 10.2. The van der Waals surface area contributed by atoms with Gasteiger partial charge in [-0.05, 0) is 11.1 Å². The van der Waals surface area contributed by atoms with Gasteiger partial charge in [0.25, 0.3) is 0 Å². The average Bonchev–Trinajstić information content (AvgIpc) is 3.15. The van der Waals surface area contributed by atoms with Gasteiger partial charge in [-0.2, -0.15) is 0 Å². The van der Waals surface area contributed by atoms with Crippen LogP contribution in [0, 0.1) is 23.2 Å². The third-order valence-corrected chi connectivity index (χ3v) is 33.4. The van der Waals surface area contributed by atoms with Crippen LogP contribution in [0.3, 0.4) is 0 Å². The molecule has 0 aromatic heterocycles. The Morgan fingerprint density at radius 3 is 1.67 bits per heavy atom. The fraction of sp³-hybridized carbons (Fsp3) is 0.436. The van der Waals surface area contributed by atoms with Gasteiger partial charge < -0.3 is 0 Å². The Bertz CT molecular complexity index is 1410. The molecule has 0 heterocycles. The number of hydrogen-bond donors (Lipinski definition) is 1. The molecule has 220 valence electrons. The van der Waals surface area contributed by atoms with E-state index in [-0.39, 0.29) is 0 Å². The number of benzene rings is 3. The maximum atomic E-state index is 4.74. The normalized spacial score (nSPS) is 31.4. The van der Waals surface area contributed by atoms with Gasteiger partial charge in [-0.15, -0.1) is 0 Å². The van der Waals surface area contributed by atoms with Crippen LogP contribution < -0.4 is 8.19 Å². The molecule has 1 nitrogen and oxygen atoms in total. The summed E-state index contributed by atoms with van der Waals surface area (Å²) in [5, 5.41) is 2.80. The van der Waals surface area contributed by atoms with Gasteiger partial charge in [0.15, 0.2) is 0 Å². The first-order valence-corrected chi connectivity index (χ1v) is 28.2. The molecule has 0 saturated heterocycles. The van der Waals surface area contributed by atoms with Crippen molar-refractivity contribution in [1.82, 2.24) is 3.80 Å². The minimum absolute atomic E-state index is 0.463. The van der Waals surface area contributed by atoms with Gasteiger partial charge >= 0.3 is 193 Å². The summed E-state index contributed by atoms with van der Waals surface area (Å²) >= 11 is -3.29. The summed E-state index contributed by atoms with van der Waals surface area (Å²) in [5.41, 5.74) is 8.56. The van der Waals surface area contributed by atoms with Crippen molar-refractivity contribution in [2.24, 2.45) is 23.2 Å². The van der Waals surface area contributed by atoms with Crippen LogP contribution in [0.15, 0.2) is 112 Å². The third kappa shape index (κ3) is 6.14. The van der Waals surface area contributed by atoms with Crippen LogP contribution in [0.25, 0.3) is 11.1 Å². The number of hydrogen-bond acceptors (Lipinski definition) is 1. The first-order chi connectivity index (χ1) is 20.1. The predicted molar refractivity (Wildman–Crippen MR) is 181 cm³/mol. The van der Waals surface area contributed by atoms with Crippen molar-refractivity contribution in [2.75, 3.05) is 0 Å². The monoisotopic (exact) mass is 655 g/mol. The predicted octanol–water partition coefficient (Wildman–Crippen LogP) is 9.07. The SMILES string of the molecule is CC1=C(C)C(C)[C]([Ti]([CH3])([NH]C23CC4CC(CC(C)(C4)C2)C3)[GeH2][c]2ccccc2)=C1C.c1ccc(-c2ccccc2)cc1. The molecule has 0 amide bonds. The Morgan fingerprint density at radius 1 is 0.714 bits per heavy atom. The molecule has 0 spiro atoms. The molecule has 4 bridgehead atoms. The van der Waals surface area contributed by atoms with E-state index in [1.807, 2.05) is 16.0 Å². The average molecular weight is 654 g/mol. The van der Waals surface area contributed by atoms with Crippen molar-refractivity contribution in [3.05, 3.63) is 112 Å². The van der Waals surface area contributed by atoms with Crippen molar-refractivity contribution in [2.45, 2.75) is 83.9 Å². The van der Waals surface area contributed by atoms with E-state index < -0.39 is 27.2 Å². The summed E-state index contributed by atoms with van der Waals surface area (Å²) in [6, 6.07) is 32.4. The van der Waals surface area contributed by atoms with E-state index in [1.54, 1.807) is 21.1 Å². The number of allylic oxidation sites excluding steroid dienone is 4. The molecule has 4 atom stereocenters. The standard InChI is InChI=1S/C12H10.C11H18N.C9H13.C6H7Ge.CH3.Ti/c1-3-7-11(8-4-1)12-9-5-2-6-10-12;1-10-3-8-2-9(4-10)6-11(12,5-8)7-10;1-6-5-7(2)9(4)8(6)3;7-6-4-2-1-3-5-6;;/h1-10H;8-9,12H,2-7H2,1H3;6H,1-4H3;1-5H,7H2;1H3;/q;-1;;;;+1. The molecule has 42 heavy (non-hydrogen) atoms. The topological polar surface area (TPSA) is 12.0 Å². The van der Waals surface area contributed by atoms with Crippen molar-refractivity contribution >= 4 is 17.0 Å². The largest absolute Gasteiger partial charge is 0.0622 e. The van der Waals surface area contributed by atoms with Gasteiger partial charge in [0, 0.05) is 0 Å². The second-order valence-electron chi connectivity index (χ2n) is 15.0. The Hall–Kier alpha value is -1.64. The van der Waals surface area contributed by atoms with Crippen LogP contribution in [0.2, 0.25) is 5.23 Å². The third-order valence-electron chi connectivity index (χ3n) is 11.4. The maximum Gasteiger partial charge on any atom is -0.0184 e. The van der Waals surface area contributed by atoms with E-state index in [0.717, 1.165) is 11.8 Å². The fourth-order valence-corrected chi connectivity index (χ4v) is 38.4. The molecule has 0 aliphatic heterocycles. The van der Waals surface area contributed by atoms with E-state index in [1.165, 1.54) is 49.7 Å². The van der Waals surface area contributed by atoms with Gasteiger partial charge in [0.2, 0.25) is 0 Å². The molecule has 1 N–H and O–H groups in total. The van der Waals surface area contributed by atoms with Crippen LogP contribution in [-0.2, 0) is 14.6 Å². The van der Waals surface area contributed by atoms with Gasteiger partial charge in [0.1, 0.15) is 0 Å². The van der Waals surface area contributed by atoms with E-state index in [4.69, 9.17) is 3.80 Å². The van der Waals surface area contributed by atoms with Crippen molar-refractivity contribution in [3.8, 4) is 11.1 Å². The molecular weight excluding hydrogens is 603 g/mol. The first kappa shape index (κ1) is 30.4. The number of nitrogens with one attached hydrogen (secondary N) is 1. The van der Waals surface area contributed by atoms with E-state index >= 15 is 0 Å². The van der Waals surface area contributed by atoms with Gasteiger partial charge in [-0.3, -0.25) is 0 Å². The van der Waals surface area contributed by atoms with E-state index in [9.17, 15) is 0 Å². The van der Waals surface area contributed by atoms with Crippen molar-refractivity contribution in [3.63, 3.8) is 0 Å². The molecule has 0 radical (unpaired) electrons. The molecule has 5 aliphatic rings. The number of rotatable bonds is 6. The Labute approximate surface area is 263 Å². The van der Waals surface area contributed by atoms with Crippen LogP contribution in [-0.4, -0.2) is 18.1 Å². The molecule has 4 unspecified atom stereocenters. The van der Waals surface area contributed by atoms with Crippen LogP contribution in [0.4, 0.5) is 0 Å². The second-order valence-corrected chi connectivity index (χ2v) is 37.9. The van der Waals surface area contributed by atoms with E-state index in [2.05, 4.69) is 119 Å². The Morgan fingerprint density at radius 2 is 1.21 bits per heavy atom. The zero-order chi connectivity index (χ0) is 29.5. The van der Waals surface area contributed by atoms with Crippen molar-refractivity contribution < 1.29 is 14.6 Å². The molecule has 5 aliphatic carbocycles. The van der Waals surface area contributed by atoms with Gasteiger partial charge in [-0.1, -0.05) is 60.7 Å². The molecule has 4 saturated carbocycles. The summed E-state index contributed by atoms with van der Waals surface area (Å²) in [6.45, 7) is 12.4. The molecule has 3 aromatic carbocycles. The van der Waals surface area contributed by atoms with Crippen LogP contribution >= 0.6 is 0 Å². The molecule has 4 fully saturated rings. The minimum atomic E-state index is -2.38. The molecule has 3 aromatic rings. The minimum Gasteiger partial charge on any atom is -0.0622 e. The quantitative estimate of drug-likeness (QED) is 0.262. The van der Waals surface area contributed by atoms with Crippen molar-refractivity contribution in [1.29, 1.82) is 0 Å². The zero-order valence-electron chi connectivity index (χ0n) is 26.8. The Balaban J connectivity index is 0.000000219. The maximum absolute atomic E-state index is 4.74. The smallest absolute Gasteiger partial charge is 0.0184 e. The Kier molecular flexibility index (Phi) is 8.71. The summed E-state index contributed by atoms with van der Waals surface area (Å²) in [6.07, 6.45) is 8.95. The van der Waals surface area contributed by atoms with E-state index in [0.29, 0.717) is 16.9 Å². The second kappa shape index (κ2) is 12.0. The van der Waals surface area contributed by atoms with Gasteiger partial charge in [0.05, 0.1) is 0 Å². The van der Waals surface area contributed by atoms with Crippen LogP contribution in [0.1, 0.15) is 73.1 Å². The summed E-state index contributed by atoms with van der Waals surface area (Å²) in [5.74, 6) is 2.66. The summed E-state index contributed by atoms with van der Waals surface area (Å²) in [7, 11) is 0. The summed E-state index contributed by atoms with van der Waals surface area (Å²) in [4.78, 5) is 0. The first-order valence-electron chi connectivity index (χ1n) is 16.4. The van der Waals surface area contributed by atoms with Crippen LogP contribution in [0.5, 0.6) is 0 Å². The summed E-state index contributed by atoms with van der Waals surface area (Å²) < 4.78 is 8.40. The molecule has 3 heteroatoms. The molecule has 8 rings (SSSR count). The van der Waals surface area contributed by atoms with Gasteiger partial charge in [-0.25, -0.2) is 0 Å². The zero-order valence-corrected chi connectivity index (χ0v) is 31.4. The molecular formula is C39H51GeNTi.